The quantitative estimate of drug-likeness (QED) is 0.443. The van der Waals surface area contributed by atoms with E-state index in [4.69, 9.17) is 4.74 Å². The van der Waals surface area contributed by atoms with E-state index in [0.29, 0.717) is 37.8 Å². The van der Waals surface area contributed by atoms with E-state index in [1.165, 1.54) is 19.3 Å². The third-order valence-electron chi connectivity index (χ3n) is 5.62. The highest BCUT2D eigenvalue weighted by Crippen LogP contribution is 2.64. The number of ether oxygens (including phenoxy) is 1. The van der Waals surface area contributed by atoms with Gasteiger partial charge in [0.15, 0.2) is 0 Å². The highest BCUT2D eigenvalue weighted by atomic mass is 79.9. The molecule has 2 atom stereocenters. The van der Waals surface area contributed by atoms with E-state index in [1.54, 1.807) is 0 Å². The summed E-state index contributed by atoms with van der Waals surface area (Å²) in [5.74, 6) is 1.47. The summed E-state index contributed by atoms with van der Waals surface area (Å²) in [5, 5.41) is 3.09. The third-order valence-corrected chi connectivity index (χ3v) is 6.55. The van der Waals surface area contributed by atoms with Crippen molar-refractivity contribution in [3.05, 3.63) is 0 Å². The van der Waals surface area contributed by atoms with Crippen LogP contribution >= 0.6 is 15.9 Å². The third kappa shape index (κ3) is 3.19. The normalized spacial score (nSPS) is 38.8. The lowest BCUT2D eigenvalue weighted by molar-refractivity contribution is -0.145. The Hall–Kier alpha value is -0.580. The van der Waals surface area contributed by atoms with Crippen molar-refractivity contribution >= 4 is 27.8 Å². The van der Waals surface area contributed by atoms with Crippen molar-refractivity contribution < 1.29 is 14.3 Å². The van der Waals surface area contributed by atoms with Gasteiger partial charge in [-0.2, -0.15) is 0 Å². The Labute approximate surface area is 140 Å². The van der Waals surface area contributed by atoms with Gasteiger partial charge in [-0.3, -0.25) is 9.59 Å². The Morgan fingerprint density at radius 1 is 1.23 bits per heavy atom. The molecule has 5 heteroatoms. The van der Waals surface area contributed by atoms with Gasteiger partial charge in [0.1, 0.15) is 0 Å². The Kier molecular flexibility index (Phi) is 4.54. The summed E-state index contributed by atoms with van der Waals surface area (Å²) < 4.78 is 5.11. The molecule has 124 valence electrons. The van der Waals surface area contributed by atoms with Crippen LogP contribution in [0.2, 0.25) is 0 Å². The zero-order valence-corrected chi connectivity index (χ0v) is 14.9. The van der Waals surface area contributed by atoms with E-state index >= 15 is 0 Å². The maximum Gasteiger partial charge on any atom is 0.305 e. The monoisotopic (exact) mass is 371 g/mol. The van der Waals surface area contributed by atoms with Gasteiger partial charge in [-0.1, -0.05) is 15.9 Å². The zero-order chi connectivity index (χ0) is 15.8. The molecule has 0 aromatic carbocycles. The van der Waals surface area contributed by atoms with E-state index in [9.17, 15) is 9.59 Å². The van der Waals surface area contributed by atoms with E-state index in [2.05, 4.69) is 21.2 Å². The zero-order valence-electron chi connectivity index (χ0n) is 13.3. The molecule has 4 aliphatic carbocycles. The van der Waals surface area contributed by atoms with Crippen LogP contribution in [0, 0.1) is 17.3 Å². The minimum atomic E-state index is -0.175. The maximum absolute atomic E-state index is 12.8. The van der Waals surface area contributed by atoms with Gasteiger partial charge in [0, 0.05) is 17.3 Å². The van der Waals surface area contributed by atoms with Crippen LogP contribution in [0.3, 0.4) is 0 Å². The lowest BCUT2D eigenvalue weighted by Gasteiger charge is -2.59. The number of hydrogen-bond donors (Lipinski definition) is 1. The number of amides is 1. The number of hydrogen-bond acceptors (Lipinski definition) is 3. The molecular formula is C17H26BrNO3. The molecule has 22 heavy (non-hydrogen) atoms. The average Bonchev–Trinajstić information content (AvgIpc) is 2.41. The Bertz CT molecular complexity index is 451. The second-order valence-electron chi connectivity index (χ2n) is 7.56. The van der Waals surface area contributed by atoms with Gasteiger partial charge >= 0.3 is 5.97 Å². The van der Waals surface area contributed by atoms with Gasteiger partial charge < -0.3 is 10.1 Å². The molecule has 1 amide bonds. The minimum Gasteiger partial charge on any atom is -0.466 e. The SMILES string of the molecule is CCOC(=O)CCCNC(=O)C12CC3CC(CC(Br)(C3)C1)C2. The Morgan fingerprint density at radius 3 is 2.50 bits per heavy atom. The molecule has 4 bridgehead atoms. The molecule has 4 saturated carbocycles. The molecule has 2 unspecified atom stereocenters. The first-order valence-corrected chi connectivity index (χ1v) is 9.37. The number of carbonyl (C=O) groups is 2. The number of carbonyl (C=O) groups excluding carboxylic acids is 2. The highest BCUT2D eigenvalue weighted by Gasteiger charge is 2.59. The molecule has 1 N–H and O–H groups in total. The van der Waals surface area contributed by atoms with Gasteiger partial charge in [-0.25, -0.2) is 0 Å². The summed E-state index contributed by atoms with van der Waals surface area (Å²) in [7, 11) is 0. The smallest absolute Gasteiger partial charge is 0.305 e. The van der Waals surface area contributed by atoms with Crippen LogP contribution in [0.15, 0.2) is 0 Å². The van der Waals surface area contributed by atoms with E-state index < -0.39 is 0 Å². The van der Waals surface area contributed by atoms with Crippen molar-refractivity contribution in [2.24, 2.45) is 17.3 Å². The molecule has 0 radical (unpaired) electrons. The standard InChI is InChI=1S/C17H26BrNO3/c1-2-22-14(20)4-3-5-19-15(21)16-7-12-6-13(8-16)10-17(18,9-12)11-16/h12-13H,2-11H2,1H3,(H,19,21). The predicted octanol–water partition coefficient (Wildman–Crippen LogP) is 3.18. The fraction of sp³-hybridized carbons (Fsp3) is 0.882. The second kappa shape index (κ2) is 6.14. The van der Waals surface area contributed by atoms with Crippen molar-refractivity contribution in [1.82, 2.24) is 5.32 Å². The van der Waals surface area contributed by atoms with Crippen molar-refractivity contribution in [3.8, 4) is 0 Å². The molecule has 4 nitrogen and oxygen atoms in total. The fourth-order valence-corrected chi connectivity index (χ4v) is 6.72. The van der Waals surface area contributed by atoms with E-state index in [-0.39, 0.29) is 21.6 Å². The maximum atomic E-state index is 12.8. The first-order valence-electron chi connectivity index (χ1n) is 8.58. The molecule has 4 aliphatic rings. The summed E-state index contributed by atoms with van der Waals surface area (Å²) in [5.41, 5.74) is -0.155. The summed E-state index contributed by atoms with van der Waals surface area (Å²) in [6, 6.07) is 0. The number of esters is 1. The topological polar surface area (TPSA) is 55.4 Å². The first-order chi connectivity index (χ1) is 10.4. The minimum absolute atomic E-state index is 0.155. The van der Waals surface area contributed by atoms with Crippen LogP contribution in [0.25, 0.3) is 0 Å². The van der Waals surface area contributed by atoms with Crippen LogP contribution in [0.1, 0.15) is 58.3 Å². The lowest BCUT2D eigenvalue weighted by Crippen LogP contribution is -2.58. The van der Waals surface area contributed by atoms with Crippen LogP contribution in [-0.2, 0) is 14.3 Å². The molecule has 0 saturated heterocycles. The molecule has 0 spiro atoms. The van der Waals surface area contributed by atoms with Crippen molar-refractivity contribution in [2.45, 2.75) is 62.6 Å². The van der Waals surface area contributed by atoms with Crippen molar-refractivity contribution in [1.29, 1.82) is 0 Å². The molecule has 4 rings (SSSR count). The highest BCUT2D eigenvalue weighted by molar-refractivity contribution is 9.10. The van der Waals surface area contributed by atoms with Gasteiger partial charge in [0.05, 0.1) is 12.0 Å². The Morgan fingerprint density at radius 2 is 1.91 bits per heavy atom. The predicted molar refractivity (Wildman–Crippen MR) is 87.6 cm³/mol. The van der Waals surface area contributed by atoms with Crippen LogP contribution < -0.4 is 5.32 Å². The number of rotatable bonds is 6. The van der Waals surface area contributed by atoms with Crippen LogP contribution in [0.5, 0.6) is 0 Å². The largest absolute Gasteiger partial charge is 0.466 e. The van der Waals surface area contributed by atoms with Gasteiger partial charge in [0.2, 0.25) is 5.91 Å². The second-order valence-corrected chi connectivity index (χ2v) is 9.24. The van der Waals surface area contributed by atoms with Crippen molar-refractivity contribution in [3.63, 3.8) is 0 Å². The van der Waals surface area contributed by atoms with E-state index in [0.717, 1.165) is 19.3 Å². The molecule has 0 heterocycles. The molecular weight excluding hydrogens is 346 g/mol. The summed E-state index contributed by atoms with van der Waals surface area (Å²) in [4.78, 5) is 24.1. The molecule has 4 fully saturated rings. The fourth-order valence-electron chi connectivity index (χ4n) is 5.27. The molecule has 0 aromatic rings. The van der Waals surface area contributed by atoms with Gasteiger partial charge in [-0.15, -0.1) is 0 Å². The van der Waals surface area contributed by atoms with Gasteiger partial charge in [-0.05, 0) is 63.7 Å². The summed E-state index contributed by atoms with van der Waals surface area (Å²) >= 11 is 3.94. The lowest BCUT2D eigenvalue weighted by atomic mass is 9.49. The van der Waals surface area contributed by atoms with Gasteiger partial charge in [0.25, 0.3) is 0 Å². The van der Waals surface area contributed by atoms with E-state index in [1.807, 2.05) is 6.92 Å². The average molecular weight is 372 g/mol. The number of halogens is 1. The van der Waals surface area contributed by atoms with Crippen LogP contribution in [0.4, 0.5) is 0 Å². The summed E-state index contributed by atoms with van der Waals surface area (Å²) in [6.45, 7) is 2.80. The molecule has 0 aliphatic heterocycles. The Balaban J connectivity index is 1.51. The first kappa shape index (κ1) is 16.3. The molecule has 0 aromatic heterocycles. The number of alkyl halides is 1. The van der Waals surface area contributed by atoms with Crippen molar-refractivity contribution in [2.75, 3.05) is 13.2 Å². The van der Waals surface area contributed by atoms with Crippen LogP contribution in [-0.4, -0.2) is 29.4 Å². The number of nitrogens with one attached hydrogen (secondary N) is 1. The summed E-state index contributed by atoms with van der Waals surface area (Å²) in [6.07, 6.45) is 7.92.